The molecule has 0 aromatic heterocycles. The van der Waals surface area contributed by atoms with Gasteiger partial charge in [-0.25, -0.2) is 0 Å². The minimum absolute atomic E-state index is 0.329. The lowest BCUT2D eigenvalue weighted by molar-refractivity contribution is 0.475. The molecule has 0 radical (unpaired) electrons. The molecule has 1 rings (SSSR count). The van der Waals surface area contributed by atoms with Gasteiger partial charge < -0.3 is 5.11 Å². The van der Waals surface area contributed by atoms with Crippen LogP contribution in [0, 0.1) is 6.92 Å². The average molecular weight is 250 g/mol. The van der Waals surface area contributed by atoms with Crippen LogP contribution in [0.2, 0.25) is 0 Å². The van der Waals surface area contributed by atoms with E-state index >= 15 is 0 Å². The molecule has 104 valence electrons. The highest BCUT2D eigenvalue weighted by molar-refractivity contribution is 5.24. The third-order valence-corrected chi connectivity index (χ3v) is 1.36. The Balaban J connectivity index is -0.000000196. The van der Waals surface area contributed by atoms with Gasteiger partial charge in [0.05, 0.1) is 0 Å². The van der Waals surface area contributed by atoms with Gasteiger partial charge in [0, 0.05) is 0 Å². The fraction of sp³-hybridized carbons (Fsp3) is 0.412. The Labute approximate surface area is 114 Å². The third kappa shape index (κ3) is 24.0. The number of benzene rings is 1. The third-order valence-electron chi connectivity index (χ3n) is 1.36. The van der Waals surface area contributed by atoms with Crippen LogP contribution in [0.3, 0.4) is 0 Å². The Bertz CT molecular complexity index is 249. The van der Waals surface area contributed by atoms with E-state index in [1.54, 1.807) is 18.2 Å². The standard InChI is InChI=1S/C7H8O.C5H8.C3H8.C2H6/c1-6-2-4-7(8)5-3-6;1-3-5-4-2;1-3-2;1-2/h2-5,8H,1H3;3-5H,1H2,2H3;3H2,1-2H3;1-2H3/b;5-4-;;. The molecule has 0 saturated carbocycles. The number of hydrogen-bond donors (Lipinski definition) is 1. The SMILES string of the molecule is C=C/C=C\C.CC.CCC.Cc1ccc(O)cc1. The first-order valence-electron chi connectivity index (χ1n) is 6.61. The van der Waals surface area contributed by atoms with E-state index in [2.05, 4.69) is 20.4 Å². The van der Waals surface area contributed by atoms with Crippen LogP contribution in [-0.2, 0) is 0 Å². The summed E-state index contributed by atoms with van der Waals surface area (Å²) in [5.41, 5.74) is 1.17. The molecular weight excluding hydrogens is 220 g/mol. The summed E-state index contributed by atoms with van der Waals surface area (Å²) in [4.78, 5) is 0. The van der Waals surface area contributed by atoms with E-state index in [1.807, 2.05) is 52.0 Å². The summed E-state index contributed by atoms with van der Waals surface area (Å²) in [5.74, 6) is 0.329. The maximum atomic E-state index is 8.76. The number of phenolic OH excluding ortho intramolecular Hbond substituents is 1. The smallest absolute Gasteiger partial charge is 0.115 e. The number of aryl methyl sites for hydroxylation is 1. The molecular formula is C17H30O. The lowest BCUT2D eigenvalue weighted by Crippen LogP contribution is -1.66. The molecule has 1 aromatic carbocycles. The van der Waals surface area contributed by atoms with Crippen LogP contribution in [0.4, 0.5) is 0 Å². The zero-order valence-corrected chi connectivity index (χ0v) is 12.9. The molecule has 0 bridgehead atoms. The Morgan fingerprint density at radius 3 is 1.67 bits per heavy atom. The van der Waals surface area contributed by atoms with Crippen molar-refractivity contribution in [2.45, 2.75) is 48.0 Å². The summed E-state index contributed by atoms with van der Waals surface area (Å²) < 4.78 is 0. The van der Waals surface area contributed by atoms with Gasteiger partial charge in [-0.2, -0.15) is 0 Å². The predicted molar refractivity (Wildman–Crippen MR) is 85.2 cm³/mol. The summed E-state index contributed by atoms with van der Waals surface area (Å²) >= 11 is 0. The van der Waals surface area contributed by atoms with Crippen LogP contribution in [0.25, 0.3) is 0 Å². The molecule has 1 aromatic rings. The Morgan fingerprint density at radius 2 is 1.50 bits per heavy atom. The van der Waals surface area contributed by atoms with E-state index in [0.29, 0.717) is 5.75 Å². The number of phenols is 1. The minimum atomic E-state index is 0.329. The summed E-state index contributed by atoms with van der Waals surface area (Å²) in [5, 5.41) is 8.76. The van der Waals surface area contributed by atoms with Gasteiger partial charge in [0.25, 0.3) is 0 Å². The van der Waals surface area contributed by atoms with Crippen molar-refractivity contribution in [3.63, 3.8) is 0 Å². The Morgan fingerprint density at radius 1 is 1.11 bits per heavy atom. The zero-order valence-electron chi connectivity index (χ0n) is 12.9. The first kappa shape index (κ1) is 21.8. The molecule has 0 unspecified atom stereocenters. The molecule has 1 nitrogen and oxygen atoms in total. The second-order valence-corrected chi connectivity index (χ2v) is 3.30. The lowest BCUT2D eigenvalue weighted by atomic mass is 10.2. The monoisotopic (exact) mass is 250 g/mol. The van der Waals surface area contributed by atoms with Crippen molar-refractivity contribution >= 4 is 0 Å². The largest absolute Gasteiger partial charge is 0.508 e. The van der Waals surface area contributed by atoms with Crippen molar-refractivity contribution in [1.29, 1.82) is 0 Å². The summed E-state index contributed by atoms with van der Waals surface area (Å²) in [7, 11) is 0. The fourth-order valence-corrected chi connectivity index (χ4v) is 0.681. The highest BCUT2D eigenvalue weighted by Gasteiger charge is 1.82. The van der Waals surface area contributed by atoms with Crippen LogP contribution in [-0.4, -0.2) is 5.11 Å². The van der Waals surface area contributed by atoms with Gasteiger partial charge in [0.2, 0.25) is 0 Å². The first-order valence-corrected chi connectivity index (χ1v) is 6.61. The van der Waals surface area contributed by atoms with Crippen LogP contribution in [0.1, 0.15) is 46.6 Å². The Kier molecular flexibility index (Phi) is 25.2. The molecule has 1 heteroatoms. The van der Waals surface area contributed by atoms with Crippen LogP contribution >= 0.6 is 0 Å². The summed E-state index contributed by atoms with van der Waals surface area (Å²) in [6, 6.07) is 7.09. The molecule has 0 heterocycles. The van der Waals surface area contributed by atoms with Crippen LogP contribution in [0.15, 0.2) is 49.1 Å². The van der Waals surface area contributed by atoms with Gasteiger partial charge in [-0.15, -0.1) is 0 Å². The second kappa shape index (κ2) is 20.9. The molecule has 0 amide bonds. The van der Waals surface area contributed by atoms with Gasteiger partial charge >= 0.3 is 0 Å². The number of hydrogen-bond acceptors (Lipinski definition) is 1. The second-order valence-electron chi connectivity index (χ2n) is 3.30. The zero-order chi connectivity index (χ0) is 14.8. The van der Waals surface area contributed by atoms with Crippen LogP contribution in [0.5, 0.6) is 5.75 Å². The molecule has 0 saturated heterocycles. The van der Waals surface area contributed by atoms with Crippen molar-refractivity contribution in [1.82, 2.24) is 0 Å². The van der Waals surface area contributed by atoms with Crippen molar-refractivity contribution < 1.29 is 5.11 Å². The molecule has 1 N–H and O–H groups in total. The average Bonchev–Trinajstić information content (AvgIpc) is 2.38. The molecule has 0 aliphatic heterocycles. The highest BCUT2D eigenvalue weighted by Crippen LogP contribution is 2.07. The van der Waals surface area contributed by atoms with Crippen molar-refractivity contribution in [3.8, 4) is 5.75 Å². The lowest BCUT2D eigenvalue weighted by Gasteiger charge is -1.89. The quantitative estimate of drug-likeness (QED) is 0.616. The highest BCUT2D eigenvalue weighted by atomic mass is 16.3. The van der Waals surface area contributed by atoms with Gasteiger partial charge in [-0.05, 0) is 26.0 Å². The molecule has 0 spiro atoms. The van der Waals surface area contributed by atoms with E-state index in [-0.39, 0.29) is 0 Å². The maximum absolute atomic E-state index is 8.76. The molecule has 0 atom stereocenters. The summed E-state index contributed by atoms with van der Waals surface area (Å²) in [6.07, 6.45) is 6.83. The van der Waals surface area contributed by atoms with Crippen molar-refractivity contribution in [2.75, 3.05) is 0 Å². The van der Waals surface area contributed by atoms with E-state index in [9.17, 15) is 0 Å². The first-order chi connectivity index (χ1) is 8.62. The normalized spacial score (nSPS) is 7.89. The number of aromatic hydroxyl groups is 1. The topological polar surface area (TPSA) is 20.2 Å². The number of rotatable bonds is 1. The molecule has 0 aliphatic rings. The minimum Gasteiger partial charge on any atom is -0.508 e. The van der Waals surface area contributed by atoms with Gasteiger partial charge in [0.15, 0.2) is 0 Å². The van der Waals surface area contributed by atoms with Gasteiger partial charge in [0.1, 0.15) is 5.75 Å². The molecule has 0 fully saturated rings. The van der Waals surface area contributed by atoms with Gasteiger partial charge in [-0.1, -0.05) is 76.6 Å². The van der Waals surface area contributed by atoms with Crippen molar-refractivity contribution in [3.05, 3.63) is 54.6 Å². The van der Waals surface area contributed by atoms with E-state index in [1.165, 1.54) is 12.0 Å². The number of allylic oxidation sites excluding steroid dienone is 3. The van der Waals surface area contributed by atoms with E-state index < -0.39 is 0 Å². The summed E-state index contributed by atoms with van der Waals surface area (Å²) in [6.45, 7) is 15.7. The molecule has 18 heavy (non-hydrogen) atoms. The van der Waals surface area contributed by atoms with Crippen molar-refractivity contribution in [2.24, 2.45) is 0 Å². The van der Waals surface area contributed by atoms with Crippen LogP contribution < -0.4 is 0 Å². The van der Waals surface area contributed by atoms with Gasteiger partial charge in [-0.3, -0.25) is 0 Å². The fourth-order valence-electron chi connectivity index (χ4n) is 0.681. The molecule has 0 aliphatic carbocycles. The Hall–Kier alpha value is -1.50. The van der Waals surface area contributed by atoms with E-state index in [0.717, 1.165) is 0 Å². The predicted octanol–water partition coefficient (Wildman–Crippen LogP) is 5.89. The maximum Gasteiger partial charge on any atom is 0.115 e. The van der Waals surface area contributed by atoms with E-state index in [4.69, 9.17) is 5.11 Å².